The Morgan fingerprint density at radius 1 is 1.10 bits per heavy atom. The van der Waals surface area contributed by atoms with Gasteiger partial charge in [-0.25, -0.2) is 4.98 Å². The lowest BCUT2D eigenvalue weighted by Gasteiger charge is -2.12. The van der Waals surface area contributed by atoms with E-state index in [0.29, 0.717) is 22.7 Å². The highest BCUT2D eigenvalue weighted by atomic mass is 79.9. The van der Waals surface area contributed by atoms with Crippen LogP contribution in [0.2, 0.25) is 0 Å². The lowest BCUT2D eigenvalue weighted by Crippen LogP contribution is -2.00. The molecule has 2 aromatic rings. The Morgan fingerprint density at radius 3 is 2.40 bits per heavy atom. The van der Waals surface area contributed by atoms with E-state index in [1.807, 2.05) is 37.3 Å². The highest BCUT2D eigenvalue weighted by Gasteiger charge is 2.11. The second kappa shape index (κ2) is 6.61. The van der Waals surface area contributed by atoms with Gasteiger partial charge in [0.25, 0.3) is 0 Å². The molecule has 0 radical (unpaired) electrons. The molecule has 0 N–H and O–H groups in total. The molecule has 0 aliphatic rings. The number of benzene rings is 1. The predicted octanol–water partition coefficient (Wildman–Crippen LogP) is 3.75. The molecule has 0 aliphatic heterocycles. The lowest BCUT2D eigenvalue weighted by molar-refractivity contribution is 0.282. The van der Waals surface area contributed by atoms with Gasteiger partial charge in [-0.15, -0.1) is 0 Å². The van der Waals surface area contributed by atoms with Crippen LogP contribution in [0, 0.1) is 6.92 Å². The molecule has 0 amide bonds. The first-order chi connectivity index (χ1) is 9.63. The van der Waals surface area contributed by atoms with Crippen LogP contribution in [-0.2, 0) is 6.61 Å². The molecule has 2 rings (SSSR count). The van der Waals surface area contributed by atoms with Gasteiger partial charge in [-0.2, -0.15) is 0 Å². The highest BCUT2D eigenvalue weighted by molar-refractivity contribution is 9.10. The molecule has 1 heterocycles. The first-order valence-electron chi connectivity index (χ1n) is 6.11. The van der Waals surface area contributed by atoms with Crippen LogP contribution in [0.5, 0.6) is 17.2 Å². The van der Waals surface area contributed by atoms with Gasteiger partial charge in [0.1, 0.15) is 12.4 Å². The van der Waals surface area contributed by atoms with Gasteiger partial charge in [-0.1, -0.05) is 12.1 Å². The third-order valence-electron chi connectivity index (χ3n) is 2.78. The Balaban J connectivity index is 2.13. The molecule has 0 fully saturated rings. The standard InChI is InChI=1S/C15H16BrNO3/c1-10-8-13(14(19-3)15(16)17-10)20-9-11-4-6-12(18-2)7-5-11/h4-8H,9H2,1-3H3. The molecular weight excluding hydrogens is 322 g/mol. The molecule has 0 unspecified atom stereocenters. The number of hydrogen-bond acceptors (Lipinski definition) is 4. The Kier molecular flexibility index (Phi) is 4.84. The number of halogens is 1. The van der Waals surface area contributed by atoms with Crippen LogP contribution in [0.25, 0.3) is 0 Å². The van der Waals surface area contributed by atoms with Gasteiger partial charge in [0.2, 0.25) is 0 Å². The minimum atomic E-state index is 0.455. The lowest BCUT2D eigenvalue weighted by atomic mass is 10.2. The van der Waals surface area contributed by atoms with Crippen molar-refractivity contribution in [1.82, 2.24) is 4.98 Å². The van der Waals surface area contributed by atoms with Crippen molar-refractivity contribution in [3.63, 3.8) is 0 Å². The van der Waals surface area contributed by atoms with Gasteiger partial charge in [0.15, 0.2) is 16.1 Å². The Bertz CT molecular complexity index is 584. The van der Waals surface area contributed by atoms with E-state index in [0.717, 1.165) is 17.0 Å². The van der Waals surface area contributed by atoms with Gasteiger partial charge in [0.05, 0.1) is 14.2 Å². The van der Waals surface area contributed by atoms with E-state index in [2.05, 4.69) is 20.9 Å². The molecule has 0 bridgehead atoms. The van der Waals surface area contributed by atoms with E-state index in [9.17, 15) is 0 Å². The summed E-state index contributed by atoms with van der Waals surface area (Å²) in [6, 6.07) is 9.60. The fourth-order valence-corrected chi connectivity index (χ4v) is 2.41. The predicted molar refractivity (Wildman–Crippen MR) is 80.6 cm³/mol. The molecule has 0 saturated heterocycles. The van der Waals surface area contributed by atoms with E-state index < -0.39 is 0 Å². The smallest absolute Gasteiger partial charge is 0.193 e. The Labute approximate surface area is 126 Å². The average Bonchev–Trinajstić information content (AvgIpc) is 2.45. The van der Waals surface area contributed by atoms with E-state index in [4.69, 9.17) is 14.2 Å². The number of pyridine rings is 1. The molecule has 1 aromatic heterocycles. The van der Waals surface area contributed by atoms with Crippen molar-refractivity contribution in [2.45, 2.75) is 13.5 Å². The summed E-state index contributed by atoms with van der Waals surface area (Å²) in [6.45, 7) is 2.36. The third kappa shape index (κ3) is 3.42. The van der Waals surface area contributed by atoms with Gasteiger partial charge in [-0.3, -0.25) is 0 Å². The maximum absolute atomic E-state index is 5.81. The Hall–Kier alpha value is -1.75. The van der Waals surface area contributed by atoms with Crippen LogP contribution in [-0.4, -0.2) is 19.2 Å². The summed E-state index contributed by atoms with van der Waals surface area (Å²) < 4.78 is 16.9. The molecule has 4 nitrogen and oxygen atoms in total. The van der Waals surface area contributed by atoms with Gasteiger partial charge >= 0.3 is 0 Å². The van der Waals surface area contributed by atoms with Crippen molar-refractivity contribution in [2.24, 2.45) is 0 Å². The number of ether oxygens (including phenoxy) is 3. The topological polar surface area (TPSA) is 40.6 Å². The summed E-state index contributed by atoms with van der Waals surface area (Å²) >= 11 is 3.37. The van der Waals surface area contributed by atoms with Crippen molar-refractivity contribution in [3.8, 4) is 17.2 Å². The summed E-state index contributed by atoms with van der Waals surface area (Å²) in [5.41, 5.74) is 1.92. The van der Waals surface area contributed by atoms with Gasteiger partial charge in [0, 0.05) is 11.8 Å². The molecule has 0 saturated carbocycles. The van der Waals surface area contributed by atoms with E-state index in [-0.39, 0.29) is 0 Å². The second-order valence-corrected chi connectivity index (χ2v) is 4.97. The maximum Gasteiger partial charge on any atom is 0.193 e. The fraction of sp³-hybridized carbons (Fsp3) is 0.267. The number of rotatable bonds is 5. The fourth-order valence-electron chi connectivity index (χ4n) is 1.77. The molecule has 106 valence electrons. The maximum atomic E-state index is 5.81. The van der Waals surface area contributed by atoms with Crippen LogP contribution >= 0.6 is 15.9 Å². The number of nitrogens with zero attached hydrogens (tertiary/aromatic N) is 1. The van der Waals surface area contributed by atoms with Crippen molar-refractivity contribution in [2.75, 3.05) is 14.2 Å². The first kappa shape index (κ1) is 14.7. The summed E-state index contributed by atoms with van der Waals surface area (Å²) in [7, 11) is 3.24. The largest absolute Gasteiger partial charge is 0.497 e. The quantitative estimate of drug-likeness (QED) is 0.779. The monoisotopic (exact) mass is 337 g/mol. The van der Waals surface area contributed by atoms with Crippen LogP contribution < -0.4 is 14.2 Å². The Morgan fingerprint density at radius 2 is 1.80 bits per heavy atom. The van der Waals surface area contributed by atoms with Crippen molar-refractivity contribution in [1.29, 1.82) is 0 Å². The first-order valence-corrected chi connectivity index (χ1v) is 6.90. The zero-order valence-corrected chi connectivity index (χ0v) is 13.2. The zero-order chi connectivity index (χ0) is 14.5. The summed E-state index contributed by atoms with van der Waals surface area (Å²) in [6.07, 6.45) is 0. The number of aryl methyl sites for hydroxylation is 1. The van der Waals surface area contributed by atoms with Crippen LogP contribution in [0.1, 0.15) is 11.3 Å². The molecular formula is C15H16BrNO3. The normalized spacial score (nSPS) is 10.2. The average molecular weight is 338 g/mol. The number of methoxy groups -OCH3 is 2. The minimum Gasteiger partial charge on any atom is -0.497 e. The van der Waals surface area contributed by atoms with E-state index >= 15 is 0 Å². The molecule has 1 aromatic carbocycles. The highest BCUT2D eigenvalue weighted by Crippen LogP contribution is 2.34. The van der Waals surface area contributed by atoms with Crippen LogP contribution in [0.15, 0.2) is 34.9 Å². The van der Waals surface area contributed by atoms with Crippen molar-refractivity contribution in [3.05, 3.63) is 46.2 Å². The van der Waals surface area contributed by atoms with Gasteiger partial charge in [-0.05, 0) is 40.5 Å². The van der Waals surface area contributed by atoms with E-state index in [1.54, 1.807) is 14.2 Å². The van der Waals surface area contributed by atoms with Crippen LogP contribution in [0.4, 0.5) is 0 Å². The van der Waals surface area contributed by atoms with E-state index in [1.165, 1.54) is 0 Å². The molecule has 20 heavy (non-hydrogen) atoms. The molecule has 0 atom stereocenters. The number of hydrogen-bond donors (Lipinski definition) is 0. The third-order valence-corrected chi connectivity index (χ3v) is 3.32. The SMILES string of the molecule is COc1ccc(COc2cc(C)nc(Br)c2OC)cc1. The van der Waals surface area contributed by atoms with Crippen molar-refractivity contribution < 1.29 is 14.2 Å². The minimum absolute atomic E-state index is 0.455. The van der Waals surface area contributed by atoms with Crippen LogP contribution in [0.3, 0.4) is 0 Å². The molecule has 0 spiro atoms. The second-order valence-electron chi connectivity index (χ2n) is 4.22. The van der Waals surface area contributed by atoms with Crippen molar-refractivity contribution >= 4 is 15.9 Å². The summed E-state index contributed by atoms with van der Waals surface area (Å²) in [5, 5.41) is 0. The molecule has 0 aliphatic carbocycles. The zero-order valence-electron chi connectivity index (χ0n) is 11.6. The number of aromatic nitrogens is 1. The summed E-state index contributed by atoms with van der Waals surface area (Å²) in [5.74, 6) is 2.10. The van der Waals surface area contributed by atoms with Gasteiger partial charge < -0.3 is 14.2 Å². The summed E-state index contributed by atoms with van der Waals surface area (Å²) in [4.78, 5) is 4.28. The molecule has 5 heteroatoms.